The van der Waals surface area contributed by atoms with E-state index >= 15 is 0 Å². The quantitative estimate of drug-likeness (QED) is 0.399. The Bertz CT molecular complexity index is 1190. The minimum atomic E-state index is -0.459. The number of carbonyl (C=O) groups excluding carboxylic acids is 4. The highest BCUT2D eigenvalue weighted by molar-refractivity contribution is 6.50. The van der Waals surface area contributed by atoms with E-state index in [0.29, 0.717) is 0 Å². The third kappa shape index (κ3) is 5.27. The Hall–Kier alpha value is -3.30. The van der Waals surface area contributed by atoms with Crippen LogP contribution in [-0.4, -0.2) is 62.8 Å². The topological polar surface area (TPSA) is 105 Å². The molecule has 186 valence electrons. The lowest BCUT2D eigenvalue weighted by molar-refractivity contribution is 0.0129. The molecule has 0 aliphatic heterocycles. The van der Waals surface area contributed by atoms with Gasteiger partial charge < -0.3 is 18.9 Å². The molecule has 0 N–H and O–H groups in total. The maximum atomic E-state index is 12.5. The molecule has 0 amide bonds. The van der Waals surface area contributed by atoms with Gasteiger partial charge in [-0.25, -0.2) is 0 Å². The Morgan fingerprint density at radius 3 is 1.14 bits per heavy atom. The fraction of sp³-hybridized carbons (Fsp3) is 0.231. The van der Waals surface area contributed by atoms with Crippen molar-refractivity contribution in [1.82, 2.24) is 0 Å². The normalized spacial score (nSPS) is 15.3. The highest BCUT2D eigenvalue weighted by atomic mass is 35.5. The molecule has 0 aromatic heterocycles. The minimum absolute atomic E-state index is 0.0140. The van der Waals surface area contributed by atoms with Crippen LogP contribution in [0.15, 0.2) is 70.1 Å². The Balaban J connectivity index is 1.13. The highest BCUT2D eigenvalue weighted by Crippen LogP contribution is 2.30. The largest absolute Gasteiger partial charge is 0.485 e. The zero-order valence-corrected chi connectivity index (χ0v) is 20.4. The number of Topliss-reactive ketones (excluding diaryl/α,β-unsaturated/α-hetero) is 4. The molecular weight excluding hydrogens is 511 g/mol. The summed E-state index contributed by atoms with van der Waals surface area (Å²) in [7, 11) is 0. The summed E-state index contributed by atoms with van der Waals surface area (Å²) in [5.74, 6) is -2.20. The molecule has 0 radical (unpaired) electrons. The van der Waals surface area contributed by atoms with Crippen molar-refractivity contribution in [3.8, 4) is 0 Å². The van der Waals surface area contributed by atoms with Gasteiger partial charge in [0, 0.05) is 22.3 Å². The number of hydrogen-bond acceptors (Lipinski definition) is 8. The summed E-state index contributed by atoms with van der Waals surface area (Å²) in [6.07, 6.45) is 0. The number of halogens is 2. The summed E-state index contributed by atoms with van der Waals surface area (Å²) in [4.78, 5) is 49.7. The van der Waals surface area contributed by atoms with Gasteiger partial charge >= 0.3 is 0 Å². The Morgan fingerprint density at radius 2 is 0.778 bits per heavy atom. The molecule has 0 saturated heterocycles. The van der Waals surface area contributed by atoms with Crippen molar-refractivity contribution in [2.75, 3.05) is 39.6 Å². The van der Waals surface area contributed by atoms with Crippen molar-refractivity contribution < 1.29 is 38.1 Å². The number of hydrogen-bond donors (Lipinski definition) is 0. The van der Waals surface area contributed by atoms with E-state index in [1.54, 1.807) is 48.5 Å². The average Bonchev–Trinajstić information content (AvgIpc) is 2.90. The van der Waals surface area contributed by atoms with Crippen molar-refractivity contribution in [2.45, 2.75) is 0 Å². The summed E-state index contributed by atoms with van der Waals surface area (Å²) >= 11 is 12.1. The second kappa shape index (κ2) is 11.6. The lowest BCUT2D eigenvalue weighted by atomic mass is 9.93. The standard InChI is InChI=1S/C26H20Cl2O8/c27-19-21(29)15-5-1-3-7-17(15)23(31)25(19)35-13-11-33-9-10-34-12-14-36-26-20(28)22(30)16-6-2-4-8-18(16)24(26)32/h1-8H,9-14H2. The number of allylic oxidation sites excluding steroid dienone is 4. The van der Waals surface area contributed by atoms with Crippen LogP contribution in [-0.2, 0) is 18.9 Å². The summed E-state index contributed by atoms with van der Waals surface area (Å²) in [5.41, 5.74) is 0.998. The Morgan fingerprint density at radius 1 is 0.472 bits per heavy atom. The molecule has 0 heterocycles. The van der Waals surface area contributed by atoms with E-state index in [0.717, 1.165) is 0 Å². The Kier molecular flexibility index (Phi) is 8.32. The number of benzene rings is 2. The first kappa shape index (κ1) is 25.8. The molecule has 0 saturated carbocycles. The van der Waals surface area contributed by atoms with Crippen LogP contribution < -0.4 is 0 Å². The van der Waals surface area contributed by atoms with Crippen LogP contribution in [0.1, 0.15) is 41.4 Å². The van der Waals surface area contributed by atoms with Crippen LogP contribution in [0.5, 0.6) is 0 Å². The van der Waals surface area contributed by atoms with Crippen molar-refractivity contribution in [3.63, 3.8) is 0 Å². The summed E-state index contributed by atoms with van der Waals surface area (Å²) in [5, 5.41) is -0.502. The lowest BCUT2D eigenvalue weighted by Gasteiger charge is -2.18. The predicted octanol–water partition coefficient (Wildman–Crippen LogP) is 4.11. The van der Waals surface area contributed by atoms with E-state index in [1.165, 1.54) is 0 Å². The minimum Gasteiger partial charge on any atom is -0.485 e. The molecule has 0 atom stereocenters. The third-order valence-electron chi connectivity index (χ3n) is 5.36. The summed E-state index contributed by atoms with van der Waals surface area (Å²) in [6.45, 7) is 0.741. The molecule has 10 heteroatoms. The molecule has 8 nitrogen and oxygen atoms in total. The van der Waals surface area contributed by atoms with E-state index < -0.39 is 23.1 Å². The molecule has 4 rings (SSSR count). The number of ether oxygens (including phenoxy) is 4. The monoisotopic (exact) mass is 530 g/mol. The molecule has 36 heavy (non-hydrogen) atoms. The molecule has 2 aromatic carbocycles. The van der Waals surface area contributed by atoms with Crippen LogP contribution in [0, 0.1) is 0 Å². The van der Waals surface area contributed by atoms with E-state index in [9.17, 15) is 19.2 Å². The smallest absolute Gasteiger partial charge is 0.230 e. The van der Waals surface area contributed by atoms with Gasteiger partial charge in [-0.3, -0.25) is 19.2 Å². The van der Waals surface area contributed by atoms with E-state index in [2.05, 4.69) is 0 Å². The fourth-order valence-corrected chi connectivity index (χ4v) is 4.11. The Labute approximate surface area is 216 Å². The lowest BCUT2D eigenvalue weighted by Crippen LogP contribution is -2.23. The third-order valence-corrected chi connectivity index (χ3v) is 6.05. The molecule has 0 fully saturated rings. The van der Waals surface area contributed by atoms with Gasteiger partial charge in [0.05, 0.1) is 26.4 Å². The molecule has 0 spiro atoms. The number of carbonyl (C=O) groups is 4. The average molecular weight is 531 g/mol. The van der Waals surface area contributed by atoms with Gasteiger partial charge in [-0.05, 0) is 0 Å². The van der Waals surface area contributed by atoms with E-state index in [-0.39, 0.29) is 83.5 Å². The summed E-state index contributed by atoms with van der Waals surface area (Å²) < 4.78 is 21.6. The maximum Gasteiger partial charge on any atom is 0.230 e. The van der Waals surface area contributed by atoms with Crippen molar-refractivity contribution in [2.24, 2.45) is 0 Å². The molecule has 0 bridgehead atoms. The van der Waals surface area contributed by atoms with Gasteiger partial charge in [-0.15, -0.1) is 0 Å². The van der Waals surface area contributed by atoms with Gasteiger partial charge in [0.25, 0.3) is 0 Å². The predicted molar refractivity (Wildman–Crippen MR) is 130 cm³/mol. The number of rotatable bonds is 11. The molecular formula is C26H20Cl2O8. The van der Waals surface area contributed by atoms with Crippen LogP contribution in [0.25, 0.3) is 0 Å². The molecule has 2 aliphatic rings. The van der Waals surface area contributed by atoms with Gasteiger partial charge in [-0.2, -0.15) is 0 Å². The zero-order chi connectivity index (χ0) is 25.7. The summed E-state index contributed by atoms with van der Waals surface area (Å²) in [6, 6.07) is 12.8. The van der Waals surface area contributed by atoms with Crippen LogP contribution in [0.2, 0.25) is 0 Å². The molecule has 2 aliphatic carbocycles. The fourth-order valence-electron chi connectivity index (χ4n) is 3.63. The van der Waals surface area contributed by atoms with E-state index in [4.69, 9.17) is 42.1 Å². The second-order valence-electron chi connectivity index (χ2n) is 7.62. The van der Waals surface area contributed by atoms with Gasteiger partial charge in [0.2, 0.25) is 23.1 Å². The zero-order valence-electron chi connectivity index (χ0n) is 18.9. The van der Waals surface area contributed by atoms with Crippen LogP contribution in [0.3, 0.4) is 0 Å². The second-order valence-corrected chi connectivity index (χ2v) is 8.37. The van der Waals surface area contributed by atoms with Crippen molar-refractivity contribution in [1.29, 1.82) is 0 Å². The first-order valence-electron chi connectivity index (χ1n) is 11.0. The van der Waals surface area contributed by atoms with Gasteiger partial charge in [0.1, 0.15) is 23.3 Å². The van der Waals surface area contributed by atoms with Crippen molar-refractivity contribution >= 4 is 46.3 Å². The SMILES string of the molecule is O=C1C(Cl)=C(OCCOCCOCCOC2=C(Cl)C(=O)c3ccccc3C2=O)C(=O)c2ccccc21. The maximum absolute atomic E-state index is 12.5. The highest BCUT2D eigenvalue weighted by Gasteiger charge is 2.33. The van der Waals surface area contributed by atoms with Crippen LogP contribution in [0.4, 0.5) is 0 Å². The number of fused-ring (bicyclic) bond motifs is 2. The van der Waals surface area contributed by atoms with Gasteiger partial charge in [0.15, 0.2) is 11.5 Å². The number of ketones is 4. The first-order chi connectivity index (χ1) is 17.4. The van der Waals surface area contributed by atoms with E-state index in [1.807, 2.05) is 0 Å². The van der Waals surface area contributed by atoms with Crippen molar-refractivity contribution in [3.05, 3.63) is 92.4 Å². The molecule has 2 aromatic rings. The molecule has 0 unspecified atom stereocenters. The van der Waals surface area contributed by atoms with Gasteiger partial charge in [-0.1, -0.05) is 71.7 Å². The first-order valence-corrected chi connectivity index (χ1v) is 11.7. The van der Waals surface area contributed by atoms with Crippen LogP contribution >= 0.6 is 23.2 Å².